The maximum atomic E-state index is 11.8. The average molecular weight is 215 g/mol. The van der Waals surface area contributed by atoms with E-state index in [-0.39, 0.29) is 18.0 Å². The summed E-state index contributed by atoms with van der Waals surface area (Å²) >= 11 is 0. The van der Waals surface area contributed by atoms with Crippen LogP contribution in [-0.2, 0) is 14.3 Å². The second kappa shape index (κ2) is 4.94. The Morgan fingerprint density at radius 1 is 1.33 bits per heavy atom. The van der Waals surface area contributed by atoms with Gasteiger partial charge in [-0.2, -0.15) is 0 Å². The SMILES string of the molecule is CO[C@H]1CNC[C@@H](C(=O)OC(C)(C)C)C1. The van der Waals surface area contributed by atoms with E-state index < -0.39 is 5.60 Å². The van der Waals surface area contributed by atoms with Crippen molar-refractivity contribution in [3.05, 3.63) is 0 Å². The molecule has 0 bridgehead atoms. The predicted octanol–water partition coefficient (Wildman–Crippen LogP) is 0.953. The normalized spacial score (nSPS) is 27.5. The molecular weight excluding hydrogens is 194 g/mol. The topological polar surface area (TPSA) is 47.6 Å². The molecule has 0 aromatic carbocycles. The van der Waals surface area contributed by atoms with E-state index in [0.29, 0.717) is 6.54 Å². The van der Waals surface area contributed by atoms with Crippen LogP contribution >= 0.6 is 0 Å². The van der Waals surface area contributed by atoms with Crippen LogP contribution in [0.2, 0.25) is 0 Å². The van der Waals surface area contributed by atoms with Gasteiger partial charge in [0.25, 0.3) is 0 Å². The summed E-state index contributed by atoms with van der Waals surface area (Å²) in [6, 6.07) is 0. The molecule has 0 unspecified atom stereocenters. The number of esters is 1. The fourth-order valence-corrected chi connectivity index (χ4v) is 1.65. The molecule has 0 saturated carbocycles. The monoisotopic (exact) mass is 215 g/mol. The molecule has 1 heterocycles. The average Bonchev–Trinajstić information content (AvgIpc) is 2.15. The van der Waals surface area contributed by atoms with Crippen LogP contribution in [0.1, 0.15) is 27.2 Å². The zero-order chi connectivity index (χ0) is 11.5. The molecule has 1 rings (SSSR count). The minimum atomic E-state index is -0.406. The van der Waals surface area contributed by atoms with E-state index in [1.54, 1.807) is 7.11 Å². The molecular formula is C11H21NO3. The molecule has 0 amide bonds. The lowest BCUT2D eigenvalue weighted by Crippen LogP contribution is -2.45. The second-order valence-electron chi connectivity index (χ2n) is 4.98. The Bertz CT molecular complexity index is 222. The predicted molar refractivity (Wildman–Crippen MR) is 57.6 cm³/mol. The largest absolute Gasteiger partial charge is 0.460 e. The van der Waals surface area contributed by atoms with Crippen molar-refractivity contribution in [1.29, 1.82) is 0 Å². The van der Waals surface area contributed by atoms with Crippen molar-refractivity contribution in [3.8, 4) is 0 Å². The Labute approximate surface area is 91.3 Å². The minimum Gasteiger partial charge on any atom is -0.460 e. The molecule has 1 aliphatic heterocycles. The molecule has 0 aromatic rings. The maximum absolute atomic E-state index is 11.8. The quantitative estimate of drug-likeness (QED) is 0.697. The van der Waals surface area contributed by atoms with Crippen LogP contribution in [-0.4, -0.2) is 37.9 Å². The Morgan fingerprint density at radius 3 is 2.53 bits per heavy atom. The van der Waals surface area contributed by atoms with Crippen LogP contribution in [0.4, 0.5) is 0 Å². The number of nitrogens with one attached hydrogen (secondary N) is 1. The number of hydrogen-bond donors (Lipinski definition) is 1. The molecule has 2 atom stereocenters. The third kappa shape index (κ3) is 4.18. The third-order valence-electron chi connectivity index (χ3n) is 2.38. The van der Waals surface area contributed by atoms with Gasteiger partial charge in [0.1, 0.15) is 5.60 Å². The first-order valence-corrected chi connectivity index (χ1v) is 5.39. The number of ether oxygens (including phenoxy) is 2. The zero-order valence-corrected chi connectivity index (χ0v) is 10.0. The Balaban J connectivity index is 2.45. The molecule has 1 aliphatic rings. The highest BCUT2D eigenvalue weighted by Crippen LogP contribution is 2.18. The number of carbonyl (C=O) groups excluding carboxylic acids is 1. The van der Waals surface area contributed by atoms with Gasteiger partial charge < -0.3 is 14.8 Å². The summed E-state index contributed by atoms with van der Waals surface area (Å²) in [5.74, 6) is -0.209. The molecule has 0 spiro atoms. The fourth-order valence-electron chi connectivity index (χ4n) is 1.65. The van der Waals surface area contributed by atoms with Gasteiger partial charge in [-0.3, -0.25) is 4.79 Å². The summed E-state index contributed by atoms with van der Waals surface area (Å²) in [6.45, 7) is 7.16. The summed E-state index contributed by atoms with van der Waals surface area (Å²) < 4.78 is 10.6. The van der Waals surface area contributed by atoms with E-state index >= 15 is 0 Å². The number of hydrogen-bond acceptors (Lipinski definition) is 4. The van der Waals surface area contributed by atoms with Crippen molar-refractivity contribution in [2.45, 2.75) is 38.9 Å². The summed E-state index contributed by atoms with van der Waals surface area (Å²) in [7, 11) is 1.67. The van der Waals surface area contributed by atoms with Gasteiger partial charge in [0.2, 0.25) is 0 Å². The van der Waals surface area contributed by atoms with Crippen molar-refractivity contribution in [1.82, 2.24) is 5.32 Å². The smallest absolute Gasteiger partial charge is 0.310 e. The lowest BCUT2D eigenvalue weighted by atomic mass is 9.97. The van der Waals surface area contributed by atoms with Gasteiger partial charge in [-0.1, -0.05) is 0 Å². The first-order chi connectivity index (χ1) is 6.92. The van der Waals surface area contributed by atoms with Gasteiger partial charge >= 0.3 is 5.97 Å². The minimum absolute atomic E-state index is 0.0806. The highest BCUT2D eigenvalue weighted by Gasteiger charge is 2.30. The molecule has 0 aliphatic carbocycles. The molecule has 4 heteroatoms. The van der Waals surface area contributed by atoms with E-state index in [1.807, 2.05) is 20.8 Å². The van der Waals surface area contributed by atoms with Crippen molar-refractivity contribution >= 4 is 5.97 Å². The first kappa shape index (κ1) is 12.5. The number of carbonyl (C=O) groups is 1. The third-order valence-corrected chi connectivity index (χ3v) is 2.38. The van der Waals surface area contributed by atoms with Crippen molar-refractivity contribution in [2.24, 2.45) is 5.92 Å². The number of methoxy groups -OCH3 is 1. The van der Waals surface area contributed by atoms with Crippen molar-refractivity contribution in [3.63, 3.8) is 0 Å². The van der Waals surface area contributed by atoms with Gasteiger partial charge in [-0.05, 0) is 27.2 Å². The standard InChI is InChI=1S/C11H21NO3/c1-11(2,3)15-10(13)8-5-9(14-4)7-12-6-8/h8-9,12H,5-7H2,1-4H3/t8-,9+/m0/s1. The van der Waals surface area contributed by atoms with Gasteiger partial charge in [-0.15, -0.1) is 0 Å². The summed E-state index contributed by atoms with van der Waals surface area (Å²) in [5.41, 5.74) is -0.406. The van der Waals surface area contributed by atoms with E-state index in [9.17, 15) is 4.79 Å². The Morgan fingerprint density at radius 2 is 2.00 bits per heavy atom. The molecule has 1 fully saturated rings. The van der Waals surface area contributed by atoms with E-state index in [4.69, 9.17) is 9.47 Å². The van der Waals surface area contributed by atoms with Gasteiger partial charge in [0.15, 0.2) is 0 Å². The van der Waals surface area contributed by atoms with Crippen molar-refractivity contribution in [2.75, 3.05) is 20.2 Å². The lowest BCUT2D eigenvalue weighted by molar-refractivity contribution is -0.162. The maximum Gasteiger partial charge on any atom is 0.310 e. The molecule has 1 N–H and O–H groups in total. The first-order valence-electron chi connectivity index (χ1n) is 5.39. The van der Waals surface area contributed by atoms with Crippen LogP contribution in [0.3, 0.4) is 0 Å². The Hall–Kier alpha value is -0.610. The lowest BCUT2D eigenvalue weighted by Gasteiger charge is -2.30. The molecule has 1 saturated heterocycles. The van der Waals surface area contributed by atoms with E-state index in [1.165, 1.54) is 0 Å². The van der Waals surface area contributed by atoms with E-state index in [0.717, 1.165) is 13.0 Å². The number of piperidine rings is 1. The second-order valence-corrected chi connectivity index (χ2v) is 4.98. The van der Waals surface area contributed by atoms with Gasteiger partial charge in [0, 0.05) is 20.2 Å². The Kier molecular flexibility index (Phi) is 4.11. The summed E-state index contributed by atoms with van der Waals surface area (Å²) in [5, 5.41) is 3.18. The van der Waals surface area contributed by atoms with Gasteiger partial charge in [-0.25, -0.2) is 0 Å². The van der Waals surface area contributed by atoms with Crippen LogP contribution in [0.5, 0.6) is 0 Å². The van der Waals surface area contributed by atoms with Crippen LogP contribution < -0.4 is 5.32 Å². The molecule has 0 radical (unpaired) electrons. The molecule has 88 valence electrons. The zero-order valence-electron chi connectivity index (χ0n) is 10.0. The highest BCUT2D eigenvalue weighted by molar-refractivity contribution is 5.73. The molecule has 0 aromatic heterocycles. The van der Waals surface area contributed by atoms with Crippen LogP contribution in [0, 0.1) is 5.92 Å². The summed E-state index contributed by atoms with van der Waals surface area (Å²) in [4.78, 5) is 11.8. The summed E-state index contributed by atoms with van der Waals surface area (Å²) in [6.07, 6.45) is 0.870. The highest BCUT2D eigenvalue weighted by atomic mass is 16.6. The van der Waals surface area contributed by atoms with E-state index in [2.05, 4.69) is 5.32 Å². The van der Waals surface area contributed by atoms with Crippen molar-refractivity contribution < 1.29 is 14.3 Å². The number of rotatable bonds is 2. The molecule has 4 nitrogen and oxygen atoms in total. The van der Waals surface area contributed by atoms with Crippen LogP contribution in [0.15, 0.2) is 0 Å². The fraction of sp³-hybridized carbons (Fsp3) is 0.909. The molecule has 15 heavy (non-hydrogen) atoms. The van der Waals surface area contributed by atoms with Crippen LogP contribution in [0.25, 0.3) is 0 Å². The van der Waals surface area contributed by atoms with Gasteiger partial charge in [0.05, 0.1) is 12.0 Å².